The van der Waals surface area contributed by atoms with Crippen molar-refractivity contribution in [3.63, 3.8) is 0 Å². The number of rotatable bonds is 7. The molecule has 2 atom stereocenters. The second-order valence-electron chi connectivity index (χ2n) is 6.69. The van der Waals surface area contributed by atoms with Gasteiger partial charge in [0.2, 0.25) is 5.76 Å². The smallest absolute Gasteiger partial charge is 0.371 e. The van der Waals surface area contributed by atoms with Crippen LogP contribution in [-0.4, -0.2) is 33.5 Å². The molecule has 2 aromatic rings. The monoisotopic (exact) mass is 369 g/mol. The molecule has 0 bridgehead atoms. The Bertz CT molecular complexity index is 848. The molecule has 6 heteroatoms. The molecule has 5 nitrogen and oxygen atoms in total. The van der Waals surface area contributed by atoms with Crippen LogP contribution < -0.4 is 0 Å². The second-order valence-corrected chi connectivity index (χ2v) is 6.69. The summed E-state index contributed by atoms with van der Waals surface area (Å²) in [5, 5.41) is 18.2. The van der Waals surface area contributed by atoms with Crippen molar-refractivity contribution in [1.29, 1.82) is 0 Å². The molecule has 2 N–H and O–H groups in total. The number of hydrogen-bond acceptors (Lipinski definition) is 3. The van der Waals surface area contributed by atoms with Gasteiger partial charge in [0.05, 0.1) is 6.08 Å². The molecular formula is C21H20FNO4. The van der Waals surface area contributed by atoms with Gasteiger partial charge in [0.1, 0.15) is 5.82 Å². The largest absolute Gasteiger partial charge is 0.502 e. The van der Waals surface area contributed by atoms with Crippen LogP contribution in [0.15, 0.2) is 66.4 Å². The molecular weight excluding hydrogens is 349 g/mol. The maximum atomic E-state index is 13.1. The molecule has 0 saturated heterocycles. The van der Waals surface area contributed by atoms with Crippen molar-refractivity contribution in [2.45, 2.75) is 18.9 Å². The number of nitrogens with zero attached hydrogens (tertiary/aromatic N) is 1. The van der Waals surface area contributed by atoms with Gasteiger partial charge in [-0.3, -0.25) is 4.79 Å². The van der Waals surface area contributed by atoms with Gasteiger partial charge in [-0.05, 0) is 41.5 Å². The number of aliphatic carboxylic acids is 1. The van der Waals surface area contributed by atoms with Crippen LogP contribution >= 0.6 is 0 Å². The van der Waals surface area contributed by atoms with E-state index in [1.54, 1.807) is 12.1 Å². The molecule has 3 rings (SSSR count). The van der Waals surface area contributed by atoms with Gasteiger partial charge in [-0.1, -0.05) is 42.5 Å². The molecule has 0 heterocycles. The molecule has 2 unspecified atom stereocenters. The predicted octanol–water partition coefficient (Wildman–Crippen LogP) is 3.48. The van der Waals surface area contributed by atoms with Gasteiger partial charge in [0, 0.05) is 13.1 Å². The van der Waals surface area contributed by atoms with E-state index < -0.39 is 17.6 Å². The quantitative estimate of drug-likeness (QED) is 0.579. The summed E-state index contributed by atoms with van der Waals surface area (Å²) in [6.45, 7) is 0.639. The Labute approximate surface area is 156 Å². The standard InChI is InChI=1S/C21H20FNO4/c22-17-8-6-14(7-9-17)12-23(20(25)11-19(24)21(26)27)13-16-10-18(16)15-4-2-1-3-5-15/h1-9,11,16,18,24H,10,12-13H2,(H,26,27)/b19-11-. The third kappa shape index (κ3) is 4.94. The molecule has 1 saturated carbocycles. The Morgan fingerprint density at radius 2 is 1.74 bits per heavy atom. The fraction of sp³-hybridized carbons (Fsp3) is 0.238. The van der Waals surface area contributed by atoms with Crippen LogP contribution in [0.2, 0.25) is 0 Å². The van der Waals surface area contributed by atoms with E-state index in [1.807, 2.05) is 30.3 Å². The first-order chi connectivity index (χ1) is 12.9. The van der Waals surface area contributed by atoms with Gasteiger partial charge in [-0.2, -0.15) is 0 Å². The number of hydrogen-bond donors (Lipinski definition) is 2. The zero-order valence-electron chi connectivity index (χ0n) is 14.6. The minimum atomic E-state index is -1.56. The van der Waals surface area contributed by atoms with Crippen LogP contribution in [0, 0.1) is 11.7 Å². The van der Waals surface area contributed by atoms with Crippen LogP contribution in [0.5, 0.6) is 0 Å². The number of carbonyl (C=O) groups is 2. The number of aliphatic hydroxyl groups excluding tert-OH is 1. The van der Waals surface area contributed by atoms with Gasteiger partial charge in [-0.15, -0.1) is 0 Å². The highest BCUT2D eigenvalue weighted by molar-refractivity contribution is 5.96. The lowest BCUT2D eigenvalue weighted by molar-refractivity contribution is -0.136. The Morgan fingerprint density at radius 1 is 1.07 bits per heavy atom. The molecule has 1 amide bonds. The summed E-state index contributed by atoms with van der Waals surface area (Å²) in [5.41, 5.74) is 1.94. The van der Waals surface area contributed by atoms with Crippen LogP contribution in [0.25, 0.3) is 0 Å². The molecule has 27 heavy (non-hydrogen) atoms. The Morgan fingerprint density at radius 3 is 2.37 bits per heavy atom. The summed E-state index contributed by atoms with van der Waals surface area (Å²) in [7, 11) is 0. The van der Waals surface area contributed by atoms with Crippen molar-refractivity contribution >= 4 is 11.9 Å². The SMILES string of the molecule is O=C(O)/C(O)=C/C(=O)N(Cc1ccc(F)cc1)CC1CC1c1ccccc1. The highest BCUT2D eigenvalue weighted by Crippen LogP contribution is 2.47. The fourth-order valence-corrected chi connectivity index (χ4v) is 3.15. The minimum Gasteiger partial charge on any atom is -0.502 e. The van der Waals surface area contributed by atoms with Crippen molar-refractivity contribution in [2.75, 3.05) is 6.54 Å². The number of carboxylic acid groups (broad SMARTS) is 1. The molecule has 1 aliphatic rings. The van der Waals surface area contributed by atoms with Gasteiger partial charge in [0.25, 0.3) is 5.91 Å². The number of aliphatic hydroxyl groups is 1. The normalized spacial score (nSPS) is 18.8. The Balaban J connectivity index is 1.73. The summed E-state index contributed by atoms with van der Waals surface area (Å²) in [6, 6.07) is 15.8. The van der Waals surface area contributed by atoms with Gasteiger partial charge in [0.15, 0.2) is 0 Å². The van der Waals surface area contributed by atoms with E-state index in [0.717, 1.165) is 12.0 Å². The lowest BCUT2D eigenvalue weighted by Crippen LogP contribution is -2.32. The van der Waals surface area contributed by atoms with E-state index in [2.05, 4.69) is 0 Å². The van der Waals surface area contributed by atoms with Crippen LogP contribution in [0.3, 0.4) is 0 Å². The molecule has 0 aliphatic heterocycles. The first-order valence-corrected chi connectivity index (χ1v) is 8.66. The Kier molecular flexibility index (Phi) is 5.54. The molecule has 0 spiro atoms. The van der Waals surface area contributed by atoms with Crippen molar-refractivity contribution < 1.29 is 24.2 Å². The zero-order valence-corrected chi connectivity index (χ0v) is 14.6. The average molecular weight is 369 g/mol. The highest BCUT2D eigenvalue weighted by atomic mass is 19.1. The summed E-state index contributed by atoms with van der Waals surface area (Å²) >= 11 is 0. The van der Waals surface area contributed by atoms with Gasteiger partial charge < -0.3 is 15.1 Å². The Hall–Kier alpha value is -3.15. The summed E-state index contributed by atoms with van der Waals surface area (Å²) in [4.78, 5) is 24.8. The topological polar surface area (TPSA) is 77.8 Å². The van der Waals surface area contributed by atoms with E-state index >= 15 is 0 Å². The zero-order chi connectivity index (χ0) is 19.4. The first-order valence-electron chi connectivity index (χ1n) is 8.66. The summed E-state index contributed by atoms with van der Waals surface area (Å²) < 4.78 is 13.1. The van der Waals surface area contributed by atoms with E-state index in [9.17, 15) is 19.1 Å². The molecule has 0 radical (unpaired) electrons. The van der Waals surface area contributed by atoms with Gasteiger partial charge in [-0.25, -0.2) is 9.18 Å². The maximum absolute atomic E-state index is 13.1. The minimum absolute atomic E-state index is 0.209. The number of carboxylic acids is 1. The van der Waals surface area contributed by atoms with E-state index in [1.165, 1.54) is 22.6 Å². The fourth-order valence-electron chi connectivity index (χ4n) is 3.15. The summed E-state index contributed by atoms with van der Waals surface area (Å²) in [5.74, 6) is -2.90. The van der Waals surface area contributed by atoms with Crippen molar-refractivity contribution in [1.82, 2.24) is 4.90 Å². The molecule has 140 valence electrons. The maximum Gasteiger partial charge on any atom is 0.371 e. The van der Waals surface area contributed by atoms with E-state index in [4.69, 9.17) is 5.11 Å². The van der Waals surface area contributed by atoms with Crippen LogP contribution in [-0.2, 0) is 16.1 Å². The highest BCUT2D eigenvalue weighted by Gasteiger charge is 2.39. The van der Waals surface area contributed by atoms with Crippen molar-refractivity contribution in [3.8, 4) is 0 Å². The number of halogens is 1. The molecule has 1 fully saturated rings. The number of benzene rings is 2. The first kappa shape index (κ1) is 18.6. The summed E-state index contributed by atoms with van der Waals surface area (Å²) in [6.07, 6.45) is 1.65. The molecule has 0 aromatic heterocycles. The van der Waals surface area contributed by atoms with Crippen LogP contribution in [0.1, 0.15) is 23.5 Å². The molecule has 2 aromatic carbocycles. The van der Waals surface area contributed by atoms with Gasteiger partial charge >= 0.3 is 5.97 Å². The van der Waals surface area contributed by atoms with Crippen molar-refractivity contribution in [3.05, 3.63) is 83.4 Å². The van der Waals surface area contributed by atoms with Crippen LogP contribution in [0.4, 0.5) is 4.39 Å². The third-order valence-corrected chi connectivity index (χ3v) is 4.68. The number of carbonyl (C=O) groups excluding carboxylic acids is 1. The average Bonchev–Trinajstić information content (AvgIpc) is 3.42. The lowest BCUT2D eigenvalue weighted by Gasteiger charge is -2.22. The third-order valence-electron chi connectivity index (χ3n) is 4.68. The second kappa shape index (κ2) is 8.03. The molecule has 1 aliphatic carbocycles. The van der Waals surface area contributed by atoms with E-state index in [0.29, 0.717) is 18.5 Å². The van der Waals surface area contributed by atoms with E-state index in [-0.39, 0.29) is 18.3 Å². The van der Waals surface area contributed by atoms with Crippen molar-refractivity contribution in [2.24, 2.45) is 5.92 Å². The predicted molar refractivity (Wildman–Crippen MR) is 97.5 cm³/mol. The number of amides is 1. The lowest BCUT2D eigenvalue weighted by atomic mass is 10.1.